The standard InChI is InChI=1S/C12H15O/c1-9-6-10(2)8-11(7-9)12(13)4-3-5-12/h3,6-8,13H,4-5H2,1-2H3. The van der Waals surface area contributed by atoms with Gasteiger partial charge in [0.15, 0.2) is 0 Å². The van der Waals surface area contributed by atoms with E-state index in [1.165, 1.54) is 11.1 Å². The molecule has 0 aliphatic heterocycles. The fourth-order valence-corrected chi connectivity index (χ4v) is 1.90. The van der Waals surface area contributed by atoms with Gasteiger partial charge in [-0.2, -0.15) is 0 Å². The fraction of sp³-hybridized carbons (Fsp3) is 0.417. The average Bonchev–Trinajstić information content (AvgIpc) is 1.98. The van der Waals surface area contributed by atoms with Crippen molar-refractivity contribution in [3.63, 3.8) is 0 Å². The number of hydrogen-bond acceptors (Lipinski definition) is 1. The Labute approximate surface area is 79.4 Å². The molecule has 1 nitrogen and oxygen atoms in total. The highest BCUT2D eigenvalue weighted by molar-refractivity contribution is 5.34. The molecule has 2 rings (SSSR count). The quantitative estimate of drug-likeness (QED) is 0.695. The first kappa shape index (κ1) is 8.76. The van der Waals surface area contributed by atoms with E-state index in [1.54, 1.807) is 0 Å². The van der Waals surface area contributed by atoms with Gasteiger partial charge in [-0.25, -0.2) is 0 Å². The summed E-state index contributed by atoms with van der Waals surface area (Å²) in [5, 5.41) is 10.1. The van der Waals surface area contributed by atoms with Gasteiger partial charge in [0.05, 0.1) is 5.60 Å². The molecule has 1 N–H and O–H groups in total. The molecule has 1 aromatic rings. The molecule has 0 amide bonds. The summed E-state index contributed by atoms with van der Waals surface area (Å²) in [4.78, 5) is 0. The predicted molar refractivity (Wildman–Crippen MR) is 53.3 cm³/mol. The van der Waals surface area contributed by atoms with E-state index < -0.39 is 5.60 Å². The Kier molecular flexibility index (Phi) is 1.92. The van der Waals surface area contributed by atoms with Crippen LogP contribution in [0.15, 0.2) is 18.2 Å². The van der Waals surface area contributed by atoms with Gasteiger partial charge >= 0.3 is 0 Å². The Morgan fingerprint density at radius 1 is 1.08 bits per heavy atom. The van der Waals surface area contributed by atoms with E-state index in [4.69, 9.17) is 0 Å². The average molecular weight is 175 g/mol. The second kappa shape index (κ2) is 2.85. The van der Waals surface area contributed by atoms with Crippen molar-refractivity contribution in [1.82, 2.24) is 0 Å². The SMILES string of the molecule is Cc1cc(C)cc(C2(O)C[CH]C2)c1. The van der Waals surface area contributed by atoms with Gasteiger partial charge in [-0.15, -0.1) is 0 Å². The van der Waals surface area contributed by atoms with Crippen molar-refractivity contribution in [2.24, 2.45) is 0 Å². The molecule has 0 atom stereocenters. The van der Waals surface area contributed by atoms with Crippen LogP contribution in [0.3, 0.4) is 0 Å². The molecular weight excluding hydrogens is 160 g/mol. The molecule has 0 spiro atoms. The van der Waals surface area contributed by atoms with Gasteiger partial charge in [-0.05, 0) is 38.7 Å². The molecule has 0 unspecified atom stereocenters. The molecule has 1 aliphatic rings. The lowest BCUT2D eigenvalue weighted by molar-refractivity contribution is -0.00583. The first-order valence-corrected chi connectivity index (χ1v) is 4.73. The van der Waals surface area contributed by atoms with Crippen molar-refractivity contribution in [1.29, 1.82) is 0 Å². The molecule has 1 heteroatoms. The Balaban J connectivity index is 2.39. The molecule has 1 fully saturated rings. The van der Waals surface area contributed by atoms with Gasteiger partial charge in [0.25, 0.3) is 0 Å². The number of aryl methyl sites for hydroxylation is 2. The second-order valence-corrected chi connectivity index (χ2v) is 4.10. The molecule has 0 bridgehead atoms. The van der Waals surface area contributed by atoms with Crippen LogP contribution in [0.1, 0.15) is 29.5 Å². The molecule has 1 aromatic carbocycles. The normalized spacial score (nSPS) is 19.6. The largest absolute Gasteiger partial charge is 0.385 e. The second-order valence-electron chi connectivity index (χ2n) is 4.10. The van der Waals surface area contributed by atoms with Crippen LogP contribution in [-0.4, -0.2) is 5.11 Å². The van der Waals surface area contributed by atoms with Crippen molar-refractivity contribution >= 4 is 0 Å². The smallest absolute Gasteiger partial charge is 0.0902 e. The number of benzene rings is 1. The van der Waals surface area contributed by atoms with E-state index in [0.717, 1.165) is 18.4 Å². The summed E-state index contributed by atoms with van der Waals surface area (Å²) in [5.41, 5.74) is 2.98. The van der Waals surface area contributed by atoms with Gasteiger partial charge in [-0.1, -0.05) is 29.3 Å². The van der Waals surface area contributed by atoms with Crippen LogP contribution in [0.2, 0.25) is 0 Å². The Bertz CT molecular complexity index is 304. The summed E-state index contributed by atoms with van der Waals surface area (Å²) in [5.74, 6) is 0. The minimum atomic E-state index is -0.559. The van der Waals surface area contributed by atoms with Crippen molar-refractivity contribution in [3.05, 3.63) is 41.3 Å². The summed E-state index contributed by atoms with van der Waals surface area (Å²) in [6, 6.07) is 6.30. The molecule has 1 radical (unpaired) electrons. The topological polar surface area (TPSA) is 20.2 Å². The van der Waals surface area contributed by atoms with Crippen molar-refractivity contribution in [3.8, 4) is 0 Å². The molecule has 1 saturated carbocycles. The maximum Gasteiger partial charge on any atom is 0.0902 e. The van der Waals surface area contributed by atoms with E-state index >= 15 is 0 Å². The fourth-order valence-electron chi connectivity index (χ4n) is 1.90. The van der Waals surface area contributed by atoms with E-state index in [9.17, 15) is 5.11 Å². The van der Waals surface area contributed by atoms with Gasteiger partial charge in [0, 0.05) is 0 Å². The summed E-state index contributed by atoms with van der Waals surface area (Å²) >= 11 is 0. The Hall–Kier alpha value is -0.820. The lowest BCUT2D eigenvalue weighted by Gasteiger charge is -2.37. The van der Waals surface area contributed by atoms with Crippen molar-refractivity contribution in [2.45, 2.75) is 32.3 Å². The molecule has 0 aromatic heterocycles. The maximum absolute atomic E-state index is 10.1. The number of rotatable bonds is 1. The summed E-state index contributed by atoms with van der Waals surface area (Å²) in [6.45, 7) is 4.14. The number of aliphatic hydroxyl groups is 1. The highest BCUT2D eigenvalue weighted by Gasteiger charge is 2.36. The zero-order valence-corrected chi connectivity index (χ0v) is 8.17. The van der Waals surface area contributed by atoms with E-state index in [0.29, 0.717) is 0 Å². The molecular formula is C12H15O. The molecule has 0 saturated heterocycles. The molecule has 1 aliphatic carbocycles. The highest BCUT2D eigenvalue weighted by Crippen LogP contribution is 2.40. The molecule has 69 valence electrons. The van der Waals surface area contributed by atoms with E-state index in [2.05, 4.69) is 38.5 Å². The zero-order chi connectivity index (χ0) is 9.47. The van der Waals surface area contributed by atoms with Crippen LogP contribution in [0.25, 0.3) is 0 Å². The van der Waals surface area contributed by atoms with Crippen LogP contribution >= 0.6 is 0 Å². The van der Waals surface area contributed by atoms with Crippen LogP contribution in [0.5, 0.6) is 0 Å². The Morgan fingerprint density at radius 3 is 2.00 bits per heavy atom. The monoisotopic (exact) mass is 175 g/mol. The molecule has 13 heavy (non-hydrogen) atoms. The van der Waals surface area contributed by atoms with Gasteiger partial charge in [0.1, 0.15) is 0 Å². The van der Waals surface area contributed by atoms with E-state index in [1.807, 2.05) is 0 Å². The predicted octanol–water partition coefficient (Wildman–Crippen LogP) is 2.49. The highest BCUT2D eigenvalue weighted by atomic mass is 16.3. The van der Waals surface area contributed by atoms with Crippen molar-refractivity contribution in [2.75, 3.05) is 0 Å². The van der Waals surface area contributed by atoms with Crippen LogP contribution in [0, 0.1) is 20.3 Å². The Morgan fingerprint density at radius 2 is 1.62 bits per heavy atom. The van der Waals surface area contributed by atoms with Crippen LogP contribution in [0.4, 0.5) is 0 Å². The summed E-state index contributed by atoms with van der Waals surface area (Å²) in [6.07, 6.45) is 3.73. The lowest BCUT2D eigenvalue weighted by Crippen LogP contribution is -2.34. The van der Waals surface area contributed by atoms with Crippen LogP contribution < -0.4 is 0 Å². The van der Waals surface area contributed by atoms with E-state index in [-0.39, 0.29) is 0 Å². The zero-order valence-electron chi connectivity index (χ0n) is 8.17. The number of hydrogen-bond donors (Lipinski definition) is 1. The lowest BCUT2D eigenvalue weighted by atomic mass is 9.74. The van der Waals surface area contributed by atoms with Gasteiger partial charge in [0.2, 0.25) is 0 Å². The first-order valence-electron chi connectivity index (χ1n) is 4.73. The summed E-state index contributed by atoms with van der Waals surface area (Å²) < 4.78 is 0. The minimum Gasteiger partial charge on any atom is -0.385 e. The maximum atomic E-state index is 10.1. The first-order chi connectivity index (χ1) is 6.10. The summed E-state index contributed by atoms with van der Waals surface area (Å²) in [7, 11) is 0. The third-order valence-corrected chi connectivity index (χ3v) is 2.72. The van der Waals surface area contributed by atoms with Gasteiger partial charge < -0.3 is 5.11 Å². The third kappa shape index (κ3) is 1.49. The minimum absolute atomic E-state index is 0.559. The van der Waals surface area contributed by atoms with Crippen LogP contribution in [-0.2, 0) is 5.60 Å². The van der Waals surface area contributed by atoms with Crippen molar-refractivity contribution < 1.29 is 5.11 Å². The third-order valence-electron chi connectivity index (χ3n) is 2.72. The molecule has 0 heterocycles. The van der Waals surface area contributed by atoms with Gasteiger partial charge in [-0.3, -0.25) is 0 Å².